The van der Waals surface area contributed by atoms with Crippen molar-refractivity contribution in [2.45, 2.75) is 47.0 Å². The normalized spacial score (nSPS) is 24.4. The van der Waals surface area contributed by atoms with Gasteiger partial charge in [-0.1, -0.05) is 57.7 Å². The Hall–Kier alpha value is -2.80. The average molecular weight is 392 g/mol. The number of carbonyl (C=O) groups excluding carboxylic acids is 2. The molecular weight excluding hydrogens is 364 g/mol. The summed E-state index contributed by atoms with van der Waals surface area (Å²) in [5, 5.41) is 21.4. The van der Waals surface area contributed by atoms with E-state index in [1.165, 1.54) is 0 Å². The van der Waals surface area contributed by atoms with Gasteiger partial charge in [0.2, 0.25) is 0 Å². The van der Waals surface area contributed by atoms with Gasteiger partial charge in [-0.15, -0.1) is 0 Å². The van der Waals surface area contributed by atoms with Crippen LogP contribution in [-0.2, 0) is 9.59 Å². The highest BCUT2D eigenvalue weighted by Gasteiger charge is 2.44. The minimum absolute atomic E-state index is 0.0240. The number of ketones is 2. The van der Waals surface area contributed by atoms with Crippen LogP contribution >= 0.6 is 0 Å². The summed E-state index contributed by atoms with van der Waals surface area (Å²) in [6.45, 7) is 7.61. The van der Waals surface area contributed by atoms with Gasteiger partial charge in [0, 0.05) is 30.4 Å². The third-order valence-electron chi connectivity index (χ3n) is 5.52. The molecule has 2 atom stereocenters. The summed E-state index contributed by atoms with van der Waals surface area (Å²) in [4.78, 5) is 25.9. The monoisotopic (exact) mass is 392 g/mol. The topological polar surface area (TPSA) is 74.6 Å². The summed E-state index contributed by atoms with van der Waals surface area (Å²) in [5.74, 6) is 3.77. The fourth-order valence-electron chi connectivity index (χ4n) is 4.28. The Bertz CT molecular complexity index is 952. The standard InChI is InChI=1S/C25H28O4/c1-24(2)12-18(26)22(19(27)13-24)17(11-10-16-8-6-5-7-9-16)23-20(28)14-25(3,4)15-21(23)29/h5-9,12,17,22,26,28H,13-15H2,1-4H3/t17-,22+/m0/s1. The largest absolute Gasteiger partial charge is 0.512 e. The smallest absolute Gasteiger partial charge is 0.164 e. The maximum atomic E-state index is 13.0. The number of Topliss-reactive ketones (excluding diaryl/α,β-unsaturated/α-hetero) is 2. The summed E-state index contributed by atoms with van der Waals surface area (Å²) in [7, 11) is 0. The molecule has 1 aromatic rings. The Labute approximate surface area is 172 Å². The quantitative estimate of drug-likeness (QED) is 0.701. The molecule has 2 aliphatic carbocycles. The minimum atomic E-state index is -0.943. The summed E-state index contributed by atoms with van der Waals surface area (Å²) < 4.78 is 0. The van der Waals surface area contributed by atoms with Gasteiger partial charge in [-0.2, -0.15) is 0 Å². The molecule has 0 bridgehead atoms. The number of aliphatic hydroxyl groups excluding tert-OH is 2. The van der Waals surface area contributed by atoms with E-state index in [2.05, 4.69) is 11.8 Å². The number of hydrogen-bond acceptors (Lipinski definition) is 4. The van der Waals surface area contributed by atoms with Crippen LogP contribution in [-0.4, -0.2) is 21.8 Å². The Kier molecular flexibility index (Phi) is 5.45. The van der Waals surface area contributed by atoms with Crippen molar-refractivity contribution in [1.82, 2.24) is 0 Å². The SMILES string of the molecule is CC1(C)C=C(O)[C@@H]([C@H](C#Cc2ccccc2)C2=C(O)CC(C)(C)CC2=O)C(=O)C1. The second-order valence-electron chi connectivity index (χ2n) is 9.59. The highest BCUT2D eigenvalue weighted by Crippen LogP contribution is 2.43. The van der Waals surface area contributed by atoms with Crippen molar-refractivity contribution >= 4 is 11.6 Å². The third-order valence-corrected chi connectivity index (χ3v) is 5.52. The van der Waals surface area contributed by atoms with E-state index in [-0.39, 0.29) is 46.9 Å². The van der Waals surface area contributed by atoms with Gasteiger partial charge in [-0.3, -0.25) is 9.59 Å². The molecule has 29 heavy (non-hydrogen) atoms. The maximum Gasteiger partial charge on any atom is 0.164 e. The molecule has 0 amide bonds. The van der Waals surface area contributed by atoms with Crippen LogP contribution in [0.2, 0.25) is 0 Å². The van der Waals surface area contributed by atoms with Gasteiger partial charge in [0.05, 0.1) is 11.8 Å². The summed E-state index contributed by atoms with van der Waals surface area (Å²) in [6, 6.07) is 9.27. The molecule has 0 heterocycles. The lowest BCUT2D eigenvalue weighted by molar-refractivity contribution is -0.126. The van der Waals surface area contributed by atoms with Crippen LogP contribution in [0.25, 0.3) is 0 Å². The molecule has 0 radical (unpaired) electrons. The van der Waals surface area contributed by atoms with Gasteiger partial charge in [0.1, 0.15) is 17.3 Å². The van der Waals surface area contributed by atoms with Gasteiger partial charge in [-0.05, 0) is 29.0 Å². The lowest BCUT2D eigenvalue weighted by Crippen LogP contribution is -2.38. The van der Waals surface area contributed by atoms with Crippen molar-refractivity contribution in [2.75, 3.05) is 0 Å². The first-order valence-electron chi connectivity index (χ1n) is 9.95. The molecule has 0 aromatic heterocycles. The average Bonchev–Trinajstić information content (AvgIpc) is 2.56. The number of hydrogen-bond donors (Lipinski definition) is 2. The Morgan fingerprint density at radius 1 is 1.00 bits per heavy atom. The van der Waals surface area contributed by atoms with Gasteiger partial charge < -0.3 is 10.2 Å². The number of benzene rings is 1. The van der Waals surface area contributed by atoms with Crippen LogP contribution in [0.15, 0.2) is 53.5 Å². The van der Waals surface area contributed by atoms with Crippen molar-refractivity contribution in [3.05, 3.63) is 59.1 Å². The van der Waals surface area contributed by atoms with E-state index in [9.17, 15) is 19.8 Å². The first-order chi connectivity index (χ1) is 13.5. The predicted molar refractivity (Wildman–Crippen MR) is 112 cm³/mol. The van der Waals surface area contributed by atoms with E-state index in [0.717, 1.165) is 5.56 Å². The van der Waals surface area contributed by atoms with E-state index < -0.39 is 17.3 Å². The van der Waals surface area contributed by atoms with E-state index in [1.54, 1.807) is 6.08 Å². The molecule has 2 N–H and O–H groups in total. The second-order valence-corrected chi connectivity index (χ2v) is 9.59. The van der Waals surface area contributed by atoms with Crippen LogP contribution in [0.1, 0.15) is 52.5 Å². The highest BCUT2D eigenvalue weighted by molar-refractivity contribution is 6.00. The van der Waals surface area contributed by atoms with E-state index in [1.807, 2.05) is 58.0 Å². The predicted octanol–water partition coefficient (Wildman–Crippen LogP) is 4.91. The van der Waals surface area contributed by atoms with Crippen molar-refractivity contribution in [2.24, 2.45) is 22.7 Å². The molecule has 0 saturated carbocycles. The zero-order chi connectivity index (χ0) is 21.4. The number of allylic oxidation sites excluding steroid dienone is 4. The molecule has 3 rings (SSSR count). The molecule has 2 aliphatic rings. The van der Waals surface area contributed by atoms with Gasteiger partial charge in [-0.25, -0.2) is 0 Å². The molecule has 0 saturated heterocycles. The van der Waals surface area contributed by atoms with E-state index >= 15 is 0 Å². The lowest BCUT2D eigenvalue weighted by atomic mass is 9.67. The van der Waals surface area contributed by atoms with Gasteiger partial charge in [0.25, 0.3) is 0 Å². The van der Waals surface area contributed by atoms with Crippen molar-refractivity contribution in [1.29, 1.82) is 0 Å². The number of aliphatic hydroxyl groups is 2. The first-order valence-corrected chi connectivity index (χ1v) is 9.95. The van der Waals surface area contributed by atoms with Crippen LogP contribution in [0.3, 0.4) is 0 Å². The van der Waals surface area contributed by atoms with Gasteiger partial charge >= 0.3 is 0 Å². The Morgan fingerprint density at radius 2 is 1.66 bits per heavy atom. The van der Waals surface area contributed by atoms with Crippen molar-refractivity contribution < 1.29 is 19.8 Å². The summed E-state index contributed by atoms with van der Waals surface area (Å²) >= 11 is 0. The van der Waals surface area contributed by atoms with Crippen molar-refractivity contribution in [3.8, 4) is 11.8 Å². The fraction of sp³-hybridized carbons (Fsp3) is 0.440. The number of carbonyl (C=O) groups is 2. The fourth-order valence-corrected chi connectivity index (χ4v) is 4.28. The molecule has 0 fully saturated rings. The molecule has 4 heteroatoms. The van der Waals surface area contributed by atoms with Crippen LogP contribution in [0, 0.1) is 34.5 Å². The van der Waals surface area contributed by atoms with Crippen LogP contribution < -0.4 is 0 Å². The minimum Gasteiger partial charge on any atom is -0.512 e. The zero-order valence-electron chi connectivity index (χ0n) is 17.5. The zero-order valence-corrected chi connectivity index (χ0v) is 17.5. The molecule has 152 valence electrons. The highest BCUT2D eigenvalue weighted by atomic mass is 16.3. The van der Waals surface area contributed by atoms with E-state index in [0.29, 0.717) is 6.42 Å². The lowest BCUT2D eigenvalue weighted by Gasteiger charge is -2.36. The second kappa shape index (κ2) is 7.55. The molecule has 0 unspecified atom stereocenters. The first kappa shape index (κ1) is 20.9. The maximum absolute atomic E-state index is 13.0. The van der Waals surface area contributed by atoms with E-state index in [4.69, 9.17) is 0 Å². The van der Waals surface area contributed by atoms with Gasteiger partial charge in [0.15, 0.2) is 5.78 Å². The molecule has 4 nitrogen and oxygen atoms in total. The molecule has 0 aliphatic heterocycles. The Morgan fingerprint density at radius 3 is 2.24 bits per heavy atom. The number of rotatable bonds is 2. The van der Waals surface area contributed by atoms with Crippen molar-refractivity contribution in [3.63, 3.8) is 0 Å². The molecule has 0 spiro atoms. The Balaban J connectivity index is 2.12. The third kappa shape index (κ3) is 4.62. The van der Waals surface area contributed by atoms with Crippen LogP contribution in [0.5, 0.6) is 0 Å². The summed E-state index contributed by atoms with van der Waals surface area (Å²) in [6.07, 6.45) is 2.53. The molecular formula is C25H28O4. The van der Waals surface area contributed by atoms with Crippen LogP contribution in [0.4, 0.5) is 0 Å². The summed E-state index contributed by atoms with van der Waals surface area (Å²) in [5.41, 5.74) is 0.113. The molecule has 1 aromatic carbocycles.